The largest absolute Gasteiger partial charge is 0.361 e. The van der Waals surface area contributed by atoms with Crippen LogP contribution in [0.4, 0.5) is 0 Å². The maximum absolute atomic E-state index is 11.9. The van der Waals surface area contributed by atoms with Crippen LogP contribution < -0.4 is 0 Å². The van der Waals surface area contributed by atoms with Gasteiger partial charge >= 0.3 is 0 Å². The second-order valence-corrected chi connectivity index (χ2v) is 4.13. The van der Waals surface area contributed by atoms with Crippen LogP contribution in [-0.4, -0.2) is 28.9 Å². The second-order valence-electron chi connectivity index (χ2n) is 4.13. The van der Waals surface area contributed by atoms with Gasteiger partial charge in [-0.05, 0) is 31.6 Å². The van der Waals surface area contributed by atoms with Crippen LogP contribution in [0.5, 0.6) is 0 Å². The third kappa shape index (κ3) is 2.45. The Kier molecular flexibility index (Phi) is 3.82. The van der Waals surface area contributed by atoms with Gasteiger partial charge in [0.25, 0.3) is 0 Å². The minimum Gasteiger partial charge on any atom is -0.361 e. The highest BCUT2D eigenvalue weighted by Crippen LogP contribution is 2.18. The number of nitrogens with zero attached hydrogens (tertiary/aromatic N) is 1. The van der Waals surface area contributed by atoms with E-state index in [1.54, 1.807) is 11.0 Å². The zero-order valence-corrected chi connectivity index (χ0v) is 10.8. The van der Waals surface area contributed by atoms with E-state index in [9.17, 15) is 4.79 Å². The Morgan fingerprint density at radius 2 is 2.00 bits per heavy atom. The maximum atomic E-state index is 11.9. The fourth-order valence-corrected chi connectivity index (χ4v) is 2.03. The first kappa shape index (κ1) is 12.4. The van der Waals surface area contributed by atoms with Crippen molar-refractivity contribution in [1.82, 2.24) is 9.88 Å². The van der Waals surface area contributed by atoms with Crippen molar-refractivity contribution in [3.8, 4) is 0 Å². The molecule has 0 spiro atoms. The van der Waals surface area contributed by atoms with Crippen molar-refractivity contribution >= 4 is 22.9 Å². The Balaban J connectivity index is 2.21. The van der Waals surface area contributed by atoms with Crippen LogP contribution in [0.15, 0.2) is 36.5 Å². The molecular formula is C15H18N2O. The molecule has 0 saturated heterocycles. The van der Waals surface area contributed by atoms with Crippen LogP contribution in [0.2, 0.25) is 0 Å². The Morgan fingerprint density at radius 3 is 2.72 bits per heavy atom. The van der Waals surface area contributed by atoms with E-state index in [4.69, 9.17) is 0 Å². The molecule has 0 aliphatic rings. The highest BCUT2D eigenvalue weighted by Gasteiger charge is 2.05. The summed E-state index contributed by atoms with van der Waals surface area (Å²) in [6.45, 7) is 5.46. The number of nitrogens with one attached hydrogen (secondary N) is 1. The van der Waals surface area contributed by atoms with Crippen LogP contribution in [0.1, 0.15) is 19.4 Å². The van der Waals surface area contributed by atoms with Crippen molar-refractivity contribution in [2.75, 3.05) is 13.1 Å². The molecule has 1 aromatic carbocycles. The van der Waals surface area contributed by atoms with Gasteiger partial charge in [0.05, 0.1) is 0 Å². The fraction of sp³-hybridized carbons (Fsp3) is 0.267. The Bertz CT molecular complexity index is 565. The first-order valence-electron chi connectivity index (χ1n) is 6.29. The Hall–Kier alpha value is -2.03. The monoisotopic (exact) mass is 242 g/mol. The normalized spacial score (nSPS) is 11.2. The summed E-state index contributed by atoms with van der Waals surface area (Å²) in [7, 11) is 0. The standard InChI is InChI=1S/C15H18N2O/c1-3-17(4-2)15(18)10-9-12-11-16-14-8-6-5-7-13(12)14/h5-11,16H,3-4H2,1-2H3/b10-9+. The predicted octanol–water partition coefficient (Wildman–Crippen LogP) is 3.05. The SMILES string of the molecule is CCN(CC)C(=O)/C=C/c1c[nH]c2ccccc12. The van der Waals surface area contributed by atoms with Crippen LogP contribution >= 0.6 is 0 Å². The van der Waals surface area contributed by atoms with Crippen molar-refractivity contribution in [3.05, 3.63) is 42.1 Å². The summed E-state index contributed by atoms with van der Waals surface area (Å²) < 4.78 is 0. The molecule has 3 heteroatoms. The smallest absolute Gasteiger partial charge is 0.246 e. The molecule has 0 bridgehead atoms. The van der Waals surface area contributed by atoms with E-state index in [2.05, 4.69) is 4.98 Å². The number of likely N-dealkylation sites (N-methyl/N-ethyl adjacent to an activating group) is 1. The molecule has 0 aliphatic carbocycles. The number of aromatic amines is 1. The zero-order valence-electron chi connectivity index (χ0n) is 10.8. The molecule has 0 atom stereocenters. The van der Waals surface area contributed by atoms with Gasteiger partial charge < -0.3 is 9.88 Å². The van der Waals surface area contributed by atoms with Gasteiger partial charge in [-0.25, -0.2) is 0 Å². The number of benzene rings is 1. The lowest BCUT2D eigenvalue weighted by atomic mass is 10.1. The number of amides is 1. The molecule has 0 unspecified atom stereocenters. The number of carbonyl (C=O) groups excluding carboxylic acids is 1. The van der Waals surface area contributed by atoms with Crippen molar-refractivity contribution in [2.45, 2.75) is 13.8 Å². The van der Waals surface area contributed by atoms with Crippen LogP contribution in [0, 0.1) is 0 Å². The summed E-state index contributed by atoms with van der Waals surface area (Å²) in [5.74, 6) is 0.0604. The molecule has 2 aromatic rings. The highest BCUT2D eigenvalue weighted by molar-refractivity contribution is 5.96. The van der Waals surface area contributed by atoms with E-state index in [0.29, 0.717) is 0 Å². The summed E-state index contributed by atoms with van der Waals surface area (Å²) in [5, 5.41) is 1.14. The van der Waals surface area contributed by atoms with E-state index in [1.807, 2.05) is 50.4 Å². The maximum Gasteiger partial charge on any atom is 0.246 e. The first-order chi connectivity index (χ1) is 8.76. The molecule has 18 heavy (non-hydrogen) atoms. The Morgan fingerprint density at radius 1 is 1.28 bits per heavy atom. The molecule has 1 heterocycles. The number of hydrogen-bond donors (Lipinski definition) is 1. The van der Waals surface area contributed by atoms with E-state index in [1.165, 1.54) is 0 Å². The number of H-pyrrole nitrogens is 1. The quantitative estimate of drug-likeness (QED) is 0.822. The van der Waals surface area contributed by atoms with Gasteiger partial charge in [0, 0.05) is 36.3 Å². The molecule has 0 fully saturated rings. The van der Waals surface area contributed by atoms with Gasteiger partial charge in [0.15, 0.2) is 0 Å². The van der Waals surface area contributed by atoms with Gasteiger partial charge in [-0.1, -0.05) is 18.2 Å². The number of aromatic nitrogens is 1. The molecule has 2 rings (SSSR count). The minimum absolute atomic E-state index is 0.0604. The topological polar surface area (TPSA) is 36.1 Å². The summed E-state index contributed by atoms with van der Waals surface area (Å²) >= 11 is 0. The number of rotatable bonds is 4. The summed E-state index contributed by atoms with van der Waals surface area (Å²) in [5.41, 5.74) is 2.14. The second kappa shape index (κ2) is 5.54. The number of hydrogen-bond acceptors (Lipinski definition) is 1. The van der Waals surface area contributed by atoms with Gasteiger partial charge in [0.2, 0.25) is 5.91 Å². The van der Waals surface area contributed by atoms with E-state index in [0.717, 1.165) is 29.6 Å². The Labute approximate surface area is 107 Å². The fourth-order valence-electron chi connectivity index (χ4n) is 2.03. The average Bonchev–Trinajstić information content (AvgIpc) is 2.81. The molecular weight excluding hydrogens is 224 g/mol. The van der Waals surface area contributed by atoms with E-state index < -0.39 is 0 Å². The molecule has 1 aromatic heterocycles. The van der Waals surface area contributed by atoms with Crippen molar-refractivity contribution in [1.29, 1.82) is 0 Å². The lowest BCUT2D eigenvalue weighted by Gasteiger charge is -2.15. The van der Waals surface area contributed by atoms with Crippen LogP contribution in [-0.2, 0) is 4.79 Å². The predicted molar refractivity (Wildman–Crippen MR) is 75.3 cm³/mol. The van der Waals surface area contributed by atoms with Crippen molar-refractivity contribution in [3.63, 3.8) is 0 Å². The first-order valence-corrected chi connectivity index (χ1v) is 6.29. The summed E-state index contributed by atoms with van der Waals surface area (Å²) in [6, 6.07) is 8.07. The average molecular weight is 242 g/mol. The van der Waals surface area contributed by atoms with Crippen molar-refractivity contribution in [2.24, 2.45) is 0 Å². The number of para-hydroxylation sites is 1. The van der Waals surface area contributed by atoms with E-state index >= 15 is 0 Å². The van der Waals surface area contributed by atoms with Crippen LogP contribution in [0.3, 0.4) is 0 Å². The van der Waals surface area contributed by atoms with Gasteiger partial charge in [0.1, 0.15) is 0 Å². The van der Waals surface area contributed by atoms with Gasteiger partial charge in [-0.3, -0.25) is 4.79 Å². The molecule has 0 saturated carbocycles. The molecule has 0 radical (unpaired) electrons. The third-order valence-corrected chi connectivity index (χ3v) is 3.10. The van der Waals surface area contributed by atoms with Crippen molar-refractivity contribution < 1.29 is 4.79 Å². The molecule has 0 aliphatic heterocycles. The molecule has 1 N–H and O–H groups in total. The highest BCUT2D eigenvalue weighted by atomic mass is 16.2. The third-order valence-electron chi connectivity index (χ3n) is 3.10. The molecule has 1 amide bonds. The molecule has 94 valence electrons. The minimum atomic E-state index is 0.0604. The van der Waals surface area contributed by atoms with Crippen LogP contribution in [0.25, 0.3) is 17.0 Å². The lowest BCUT2D eigenvalue weighted by Crippen LogP contribution is -2.28. The number of carbonyl (C=O) groups is 1. The van der Waals surface area contributed by atoms with Gasteiger partial charge in [-0.2, -0.15) is 0 Å². The van der Waals surface area contributed by atoms with Gasteiger partial charge in [-0.15, -0.1) is 0 Å². The molecule has 3 nitrogen and oxygen atoms in total. The lowest BCUT2D eigenvalue weighted by molar-refractivity contribution is -0.125. The summed E-state index contributed by atoms with van der Waals surface area (Å²) in [4.78, 5) is 16.9. The van der Waals surface area contributed by atoms with E-state index in [-0.39, 0.29) is 5.91 Å². The summed E-state index contributed by atoms with van der Waals surface area (Å²) in [6.07, 6.45) is 5.44. The number of fused-ring (bicyclic) bond motifs is 1. The zero-order chi connectivity index (χ0) is 13.0.